The standard InChI is InChI=1S/C13H14N4OS2/c1-8(18)9(2)20-12-4-3-11-14-15-13(17(11)16-12)10-5-6-19-7-10/h3-9,18H,1-2H3. The minimum Gasteiger partial charge on any atom is -0.392 e. The van der Waals surface area contributed by atoms with Crippen LogP contribution in [-0.4, -0.2) is 36.3 Å². The van der Waals surface area contributed by atoms with Crippen LogP contribution in [0.3, 0.4) is 0 Å². The van der Waals surface area contributed by atoms with Gasteiger partial charge in [0.05, 0.1) is 6.10 Å². The fourth-order valence-electron chi connectivity index (χ4n) is 1.70. The third kappa shape index (κ3) is 2.56. The number of thiophene rings is 1. The van der Waals surface area contributed by atoms with E-state index in [2.05, 4.69) is 15.3 Å². The molecule has 0 fully saturated rings. The first-order valence-electron chi connectivity index (χ1n) is 6.25. The van der Waals surface area contributed by atoms with E-state index in [9.17, 15) is 5.11 Å². The number of rotatable bonds is 4. The molecule has 0 saturated heterocycles. The number of aliphatic hydroxyl groups excluding tert-OH is 1. The molecule has 3 aromatic rings. The van der Waals surface area contributed by atoms with E-state index >= 15 is 0 Å². The molecule has 104 valence electrons. The maximum Gasteiger partial charge on any atom is 0.186 e. The molecule has 2 atom stereocenters. The van der Waals surface area contributed by atoms with Crippen LogP contribution < -0.4 is 0 Å². The van der Waals surface area contributed by atoms with Crippen molar-refractivity contribution < 1.29 is 5.11 Å². The lowest BCUT2D eigenvalue weighted by Gasteiger charge is -2.13. The quantitative estimate of drug-likeness (QED) is 0.751. The van der Waals surface area contributed by atoms with Gasteiger partial charge in [0, 0.05) is 16.2 Å². The Morgan fingerprint density at radius 3 is 2.80 bits per heavy atom. The molecule has 0 radical (unpaired) electrons. The Bertz CT molecular complexity index is 708. The molecule has 3 heterocycles. The third-order valence-electron chi connectivity index (χ3n) is 3.00. The van der Waals surface area contributed by atoms with Crippen molar-refractivity contribution in [1.82, 2.24) is 19.8 Å². The highest BCUT2D eigenvalue weighted by Crippen LogP contribution is 2.25. The van der Waals surface area contributed by atoms with Crippen LogP contribution in [-0.2, 0) is 0 Å². The van der Waals surface area contributed by atoms with E-state index in [1.54, 1.807) is 34.5 Å². The van der Waals surface area contributed by atoms with Crippen LogP contribution in [0.15, 0.2) is 34.0 Å². The molecule has 5 nitrogen and oxygen atoms in total. The van der Waals surface area contributed by atoms with Gasteiger partial charge in [-0.05, 0) is 30.5 Å². The molecule has 7 heteroatoms. The summed E-state index contributed by atoms with van der Waals surface area (Å²) in [5, 5.41) is 27.4. The highest BCUT2D eigenvalue weighted by atomic mass is 32.2. The summed E-state index contributed by atoms with van der Waals surface area (Å²) < 4.78 is 1.75. The van der Waals surface area contributed by atoms with Gasteiger partial charge < -0.3 is 5.11 Å². The van der Waals surface area contributed by atoms with E-state index in [1.165, 1.54) is 0 Å². The summed E-state index contributed by atoms with van der Waals surface area (Å²) in [7, 11) is 0. The Labute approximate surface area is 124 Å². The van der Waals surface area contributed by atoms with Crippen molar-refractivity contribution in [1.29, 1.82) is 0 Å². The van der Waals surface area contributed by atoms with Crippen LogP contribution in [0.25, 0.3) is 17.0 Å². The van der Waals surface area contributed by atoms with Crippen LogP contribution in [0.1, 0.15) is 13.8 Å². The Morgan fingerprint density at radius 1 is 1.25 bits per heavy atom. The summed E-state index contributed by atoms with van der Waals surface area (Å²) >= 11 is 3.16. The molecule has 0 saturated carbocycles. The lowest BCUT2D eigenvalue weighted by Crippen LogP contribution is -2.15. The smallest absolute Gasteiger partial charge is 0.186 e. The number of thioether (sulfide) groups is 1. The van der Waals surface area contributed by atoms with Gasteiger partial charge in [0.15, 0.2) is 11.5 Å². The lowest BCUT2D eigenvalue weighted by atomic mass is 10.3. The molecule has 0 bridgehead atoms. The molecule has 0 spiro atoms. The Morgan fingerprint density at radius 2 is 2.10 bits per heavy atom. The zero-order valence-electron chi connectivity index (χ0n) is 11.1. The number of aliphatic hydroxyl groups is 1. The van der Waals surface area contributed by atoms with Crippen molar-refractivity contribution in [3.8, 4) is 11.4 Å². The molecule has 3 rings (SSSR count). The second-order valence-electron chi connectivity index (χ2n) is 4.54. The average Bonchev–Trinajstić information content (AvgIpc) is 3.06. The molecule has 0 aliphatic carbocycles. The molecule has 2 unspecified atom stereocenters. The van der Waals surface area contributed by atoms with Crippen molar-refractivity contribution in [2.45, 2.75) is 30.2 Å². The maximum absolute atomic E-state index is 9.58. The van der Waals surface area contributed by atoms with Gasteiger partial charge in [0.2, 0.25) is 0 Å². The minimum atomic E-state index is -0.380. The first-order chi connectivity index (χ1) is 9.65. The van der Waals surface area contributed by atoms with Crippen molar-refractivity contribution in [3.63, 3.8) is 0 Å². The van der Waals surface area contributed by atoms with E-state index in [-0.39, 0.29) is 11.4 Å². The summed E-state index contributed by atoms with van der Waals surface area (Å²) in [6.45, 7) is 3.76. The first-order valence-corrected chi connectivity index (χ1v) is 8.07. The minimum absolute atomic E-state index is 0.0843. The summed E-state index contributed by atoms with van der Waals surface area (Å²) in [5.74, 6) is 0.744. The van der Waals surface area contributed by atoms with Gasteiger partial charge in [-0.2, -0.15) is 21.0 Å². The molecule has 0 amide bonds. The first kappa shape index (κ1) is 13.5. The zero-order chi connectivity index (χ0) is 14.1. The van der Waals surface area contributed by atoms with Crippen LogP contribution in [0.2, 0.25) is 0 Å². The molecule has 0 aliphatic rings. The fraction of sp³-hybridized carbons (Fsp3) is 0.308. The lowest BCUT2D eigenvalue weighted by molar-refractivity contribution is 0.196. The fourth-order valence-corrected chi connectivity index (χ4v) is 3.18. The molecule has 0 aromatic carbocycles. The second-order valence-corrected chi connectivity index (χ2v) is 6.72. The highest BCUT2D eigenvalue weighted by molar-refractivity contribution is 7.99. The van der Waals surface area contributed by atoms with Gasteiger partial charge in [-0.1, -0.05) is 18.7 Å². The van der Waals surface area contributed by atoms with Crippen LogP contribution >= 0.6 is 23.1 Å². The van der Waals surface area contributed by atoms with Crippen LogP contribution in [0.5, 0.6) is 0 Å². The largest absolute Gasteiger partial charge is 0.392 e. The van der Waals surface area contributed by atoms with Gasteiger partial charge in [0.25, 0.3) is 0 Å². The van der Waals surface area contributed by atoms with Crippen molar-refractivity contribution in [2.75, 3.05) is 0 Å². The third-order valence-corrected chi connectivity index (χ3v) is 4.91. The molecular weight excluding hydrogens is 292 g/mol. The Hall–Kier alpha value is -1.44. The summed E-state index contributed by atoms with van der Waals surface area (Å²) in [4.78, 5) is 0. The SMILES string of the molecule is CC(O)C(C)Sc1ccc2nnc(-c3ccsc3)n2n1. The predicted octanol–water partition coefficient (Wildman–Crippen LogP) is 2.71. The molecule has 20 heavy (non-hydrogen) atoms. The van der Waals surface area contributed by atoms with Gasteiger partial charge in [-0.15, -0.1) is 10.2 Å². The maximum atomic E-state index is 9.58. The molecular formula is C13H14N4OS2. The van der Waals surface area contributed by atoms with E-state index < -0.39 is 0 Å². The number of fused-ring (bicyclic) bond motifs is 1. The topological polar surface area (TPSA) is 63.3 Å². The number of aromatic nitrogens is 4. The van der Waals surface area contributed by atoms with Crippen LogP contribution in [0, 0.1) is 0 Å². The second kappa shape index (κ2) is 5.51. The van der Waals surface area contributed by atoms with Gasteiger partial charge in [0.1, 0.15) is 5.03 Å². The summed E-state index contributed by atoms with van der Waals surface area (Å²) in [5.41, 5.74) is 1.74. The number of nitrogens with zero attached hydrogens (tertiary/aromatic N) is 4. The Balaban J connectivity index is 1.99. The Kier molecular flexibility index (Phi) is 3.73. The van der Waals surface area contributed by atoms with Crippen molar-refractivity contribution in [2.24, 2.45) is 0 Å². The van der Waals surface area contributed by atoms with Gasteiger partial charge >= 0.3 is 0 Å². The normalized spacial score (nSPS) is 14.6. The number of hydrogen-bond acceptors (Lipinski definition) is 6. The average molecular weight is 306 g/mol. The van der Waals surface area contributed by atoms with Gasteiger partial charge in [-0.3, -0.25) is 0 Å². The monoisotopic (exact) mass is 306 g/mol. The van der Waals surface area contributed by atoms with Crippen LogP contribution in [0.4, 0.5) is 0 Å². The highest BCUT2D eigenvalue weighted by Gasteiger charge is 2.14. The van der Waals surface area contributed by atoms with Crippen molar-refractivity contribution in [3.05, 3.63) is 29.0 Å². The van der Waals surface area contributed by atoms with Gasteiger partial charge in [-0.25, -0.2) is 0 Å². The summed E-state index contributed by atoms with van der Waals surface area (Å²) in [6, 6.07) is 5.80. The van der Waals surface area contributed by atoms with Crippen molar-refractivity contribution >= 4 is 28.7 Å². The summed E-state index contributed by atoms with van der Waals surface area (Å²) in [6.07, 6.45) is -0.380. The van der Waals surface area contributed by atoms with E-state index in [4.69, 9.17) is 0 Å². The number of hydrogen-bond donors (Lipinski definition) is 1. The molecule has 1 N–H and O–H groups in total. The van der Waals surface area contributed by atoms with E-state index in [0.29, 0.717) is 0 Å². The molecule has 0 aliphatic heterocycles. The zero-order valence-corrected chi connectivity index (χ0v) is 12.7. The predicted molar refractivity (Wildman–Crippen MR) is 81.1 cm³/mol. The van der Waals surface area contributed by atoms with E-state index in [1.807, 2.05) is 35.9 Å². The molecule has 3 aromatic heterocycles. The van der Waals surface area contributed by atoms with E-state index in [0.717, 1.165) is 22.1 Å².